The second-order valence-electron chi connectivity index (χ2n) is 6.76. The molecule has 0 radical (unpaired) electrons. The highest BCUT2D eigenvalue weighted by molar-refractivity contribution is 6.02. The molecule has 0 saturated carbocycles. The molecule has 2 N–H and O–H groups in total. The van der Waals surface area contributed by atoms with E-state index in [0.717, 1.165) is 11.3 Å². The predicted octanol–water partition coefficient (Wildman–Crippen LogP) is 2.24. The van der Waals surface area contributed by atoms with Crippen molar-refractivity contribution in [2.45, 2.75) is 0 Å². The molecular weight excluding hydrogens is 398 g/mol. The van der Waals surface area contributed by atoms with E-state index in [-0.39, 0.29) is 5.56 Å². The van der Waals surface area contributed by atoms with Crippen LogP contribution in [0.2, 0.25) is 0 Å². The zero-order valence-electron chi connectivity index (χ0n) is 16.2. The third kappa shape index (κ3) is 3.52. The van der Waals surface area contributed by atoms with Crippen LogP contribution in [0.5, 0.6) is 11.5 Å². The summed E-state index contributed by atoms with van der Waals surface area (Å²) in [5, 5.41) is 4.30. The number of hydrogen-bond donors (Lipinski definition) is 2. The normalized spacial score (nSPS) is 12.4. The third-order valence-corrected chi connectivity index (χ3v) is 4.81. The number of aromatic nitrogens is 3. The summed E-state index contributed by atoms with van der Waals surface area (Å²) >= 11 is 0. The van der Waals surface area contributed by atoms with Crippen LogP contribution < -0.4 is 20.3 Å². The van der Waals surface area contributed by atoms with Gasteiger partial charge in [-0.25, -0.2) is 9.50 Å². The van der Waals surface area contributed by atoms with Crippen LogP contribution in [0.25, 0.3) is 16.9 Å². The first-order valence-electron chi connectivity index (χ1n) is 9.59. The van der Waals surface area contributed by atoms with E-state index in [4.69, 9.17) is 9.47 Å². The van der Waals surface area contributed by atoms with Crippen LogP contribution in [-0.2, 0) is 0 Å². The fourth-order valence-electron chi connectivity index (χ4n) is 3.32. The summed E-state index contributed by atoms with van der Waals surface area (Å²) in [6, 6.07) is 16.3. The topological polar surface area (TPSA) is 107 Å². The Labute approximate surface area is 176 Å². The summed E-state index contributed by atoms with van der Waals surface area (Å²) < 4.78 is 12.5. The summed E-state index contributed by atoms with van der Waals surface area (Å²) in [4.78, 5) is 29.4. The Morgan fingerprint density at radius 2 is 1.68 bits per heavy atom. The number of rotatable bonds is 3. The first-order chi connectivity index (χ1) is 15.2. The Hall–Kier alpha value is -4.40. The van der Waals surface area contributed by atoms with E-state index in [9.17, 15) is 9.59 Å². The highest BCUT2D eigenvalue weighted by Gasteiger charge is 2.18. The minimum atomic E-state index is -0.529. The number of benzene rings is 2. The Morgan fingerprint density at radius 3 is 2.52 bits per heavy atom. The molecule has 2 aromatic heterocycles. The molecule has 3 heterocycles. The molecule has 0 atom stereocenters. The Bertz CT molecular complexity index is 1290. The summed E-state index contributed by atoms with van der Waals surface area (Å²) in [6.45, 7) is 0.885. The number of ether oxygens (including phenoxy) is 2. The molecule has 0 unspecified atom stereocenters. The maximum atomic E-state index is 12.7. The van der Waals surface area contributed by atoms with Gasteiger partial charge in [0.25, 0.3) is 11.8 Å². The first-order valence-corrected chi connectivity index (χ1v) is 9.59. The van der Waals surface area contributed by atoms with Gasteiger partial charge in [0.2, 0.25) is 0 Å². The van der Waals surface area contributed by atoms with Gasteiger partial charge in [-0.3, -0.25) is 20.4 Å². The van der Waals surface area contributed by atoms with E-state index >= 15 is 0 Å². The lowest BCUT2D eigenvalue weighted by Crippen LogP contribution is -2.41. The van der Waals surface area contributed by atoms with E-state index in [2.05, 4.69) is 20.9 Å². The second kappa shape index (κ2) is 7.79. The van der Waals surface area contributed by atoms with Gasteiger partial charge in [0.05, 0.1) is 11.9 Å². The molecule has 154 valence electrons. The van der Waals surface area contributed by atoms with Crippen LogP contribution in [0, 0.1) is 0 Å². The largest absolute Gasteiger partial charge is 0.486 e. The summed E-state index contributed by atoms with van der Waals surface area (Å²) in [6.07, 6.45) is 3.03. The third-order valence-electron chi connectivity index (χ3n) is 4.81. The molecule has 1 aliphatic rings. The van der Waals surface area contributed by atoms with Gasteiger partial charge in [-0.1, -0.05) is 30.3 Å². The van der Waals surface area contributed by atoms with Gasteiger partial charge in [-0.05, 0) is 24.3 Å². The molecule has 2 aromatic carbocycles. The van der Waals surface area contributed by atoms with Crippen LogP contribution in [0.15, 0.2) is 67.0 Å². The molecular formula is C22H17N5O4. The smallest absolute Gasteiger partial charge is 0.275 e. The van der Waals surface area contributed by atoms with Crippen molar-refractivity contribution in [3.05, 3.63) is 78.1 Å². The van der Waals surface area contributed by atoms with Gasteiger partial charge in [-0.2, -0.15) is 5.10 Å². The quantitative estimate of drug-likeness (QED) is 0.497. The van der Waals surface area contributed by atoms with E-state index < -0.39 is 11.8 Å². The molecule has 5 rings (SSSR count). The van der Waals surface area contributed by atoms with Crippen molar-refractivity contribution < 1.29 is 19.1 Å². The number of carbonyl (C=O) groups is 2. The van der Waals surface area contributed by atoms with Gasteiger partial charge >= 0.3 is 0 Å². The average Bonchev–Trinajstić information content (AvgIpc) is 3.27. The van der Waals surface area contributed by atoms with Crippen LogP contribution in [0.1, 0.15) is 20.7 Å². The lowest BCUT2D eigenvalue weighted by Gasteiger charge is -2.18. The van der Waals surface area contributed by atoms with Crippen molar-refractivity contribution in [2.75, 3.05) is 13.2 Å². The van der Waals surface area contributed by atoms with Crippen LogP contribution in [-0.4, -0.2) is 39.6 Å². The lowest BCUT2D eigenvalue weighted by molar-refractivity contribution is 0.0847. The lowest BCUT2D eigenvalue weighted by atomic mass is 10.1. The molecule has 31 heavy (non-hydrogen) atoms. The fraction of sp³-hybridized carbons (Fsp3) is 0.0909. The van der Waals surface area contributed by atoms with Crippen molar-refractivity contribution in [3.63, 3.8) is 0 Å². The van der Waals surface area contributed by atoms with Gasteiger partial charge in [-0.15, -0.1) is 0 Å². The minimum Gasteiger partial charge on any atom is -0.486 e. The molecule has 0 aliphatic carbocycles. The number of nitrogens with zero attached hydrogens (tertiary/aromatic N) is 3. The van der Waals surface area contributed by atoms with Crippen molar-refractivity contribution in [2.24, 2.45) is 0 Å². The number of amides is 2. The van der Waals surface area contributed by atoms with Gasteiger partial charge < -0.3 is 9.47 Å². The molecule has 0 bridgehead atoms. The summed E-state index contributed by atoms with van der Waals surface area (Å²) in [7, 11) is 0. The number of hydrazine groups is 1. The van der Waals surface area contributed by atoms with E-state index in [1.54, 1.807) is 28.9 Å². The Balaban J connectivity index is 1.33. The van der Waals surface area contributed by atoms with Crippen LogP contribution >= 0.6 is 0 Å². The summed E-state index contributed by atoms with van der Waals surface area (Å²) in [5.74, 6) is 0.0577. The van der Waals surface area contributed by atoms with E-state index in [1.807, 2.05) is 36.4 Å². The number of nitrogens with one attached hydrogen (secondary N) is 2. The maximum absolute atomic E-state index is 12.7. The molecule has 0 fully saturated rings. The Morgan fingerprint density at radius 1 is 0.903 bits per heavy atom. The monoisotopic (exact) mass is 415 g/mol. The Kier molecular flexibility index (Phi) is 4.68. The van der Waals surface area contributed by atoms with Crippen LogP contribution in [0.3, 0.4) is 0 Å². The second-order valence-corrected chi connectivity index (χ2v) is 6.76. The zero-order valence-corrected chi connectivity index (χ0v) is 16.2. The molecule has 2 amide bonds. The van der Waals surface area contributed by atoms with Gasteiger partial charge in [0, 0.05) is 17.3 Å². The fourth-order valence-corrected chi connectivity index (χ4v) is 3.32. The molecule has 4 aromatic rings. The van der Waals surface area contributed by atoms with Gasteiger partial charge in [0.15, 0.2) is 17.1 Å². The molecule has 0 spiro atoms. The minimum absolute atomic E-state index is 0.236. The molecule has 0 saturated heterocycles. The number of fused-ring (bicyclic) bond motifs is 2. The highest BCUT2D eigenvalue weighted by atomic mass is 16.6. The SMILES string of the molecule is O=C(NNC(=O)c1cnn2c(-c3ccccc3)ccnc12)c1ccc2c(c1)OCCO2. The predicted molar refractivity (Wildman–Crippen MR) is 111 cm³/mol. The average molecular weight is 415 g/mol. The zero-order chi connectivity index (χ0) is 21.2. The van der Waals surface area contributed by atoms with Crippen molar-refractivity contribution in [1.82, 2.24) is 25.4 Å². The van der Waals surface area contributed by atoms with Crippen molar-refractivity contribution >= 4 is 17.5 Å². The van der Waals surface area contributed by atoms with Gasteiger partial charge in [0.1, 0.15) is 18.8 Å². The number of carbonyl (C=O) groups excluding carboxylic acids is 2. The van der Waals surface area contributed by atoms with E-state index in [0.29, 0.717) is 35.9 Å². The maximum Gasteiger partial charge on any atom is 0.275 e. The molecule has 9 nitrogen and oxygen atoms in total. The highest BCUT2D eigenvalue weighted by Crippen LogP contribution is 2.30. The first kappa shape index (κ1) is 18.6. The van der Waals surface area contributed by atoms with Crippen LogP contribution in [0.4, 0.5) is 0 Å². The standard InChI is InChI=1S/C22H17N5O4/c28-21(15-6-7-18-19(12-15)31-11-10-30-18)25-26-22(29)16-13-24-27-17(8-9-23-20(16)27)14-4-2-1-3-5-14/h1-9,12-13H,10-11H2,(H,25,28)(H,26,29). The molecule has 9 heteroatoms. The van der Waals surface area contributed by atoms with Crippen molar-refractivity contribution in [1.29, 1.82) is 0 Å². The molecule has 1 aliphatic heterocycles. The number of hydrogen-bond acceptors (Lipinski definition) is 6. The van der Waals surface area contributed by atoms with E-state index in [1.165, 1.54) is 6.20 Å². The summed E-state index contributed by atoms with van der Waals surface area (Å²) in [5.41, 5.74) is 7.50. The van der Waals surface area contributed by atoms with Crippen molar-refractivity contribution in [3.8, 4) is 22.8 Å².